The number of furan rings is 1. The lowest BCUT2D eigenvalue weighted by Crippen LogP contribution is -2.08. The summed E-state index contributed by atoms with van der Waals surface area (Å²) in [6, 6.07) is 10.4. The highest BCUT2D eigenvalue weighted by atomic mass is 16.5. The number of fused-ring (bicyclic) bond motifs is 1. The molecule has 0 fully saturated rings. The lowest BCUT2D eigenvalue weighted by Gasteiger charge is -2.01. The Morgan fingerprint density at radius 2 is 1.95 bits per heavy atom. The molecule has 3 rings (SSSR count). The van der Waals surface area contributed by atoms with E-state index in [1.807, 2.05) is 24.3 Å². The minimum absolute atomic E-state index is 0.0105. The summed E-state index contributed by atoms with van der Waals surface area (Å²) in [5, 5.41) is 0. The third kappa shape index (κ3) is 2.43. The van der Waals surface area contributed by atoms with Crippen molar-refractivity contribution in [3.05, 3.63) is 54.2 Å². The molecule has 0 aliphatic heterocycles. The van der Waals surface area contributed by atoms with Gasteiger partial charge >= 0.3 is 5.97 Å². The smallest absolute Gasteiger partial charge is 0.373 e. The van der Waals surface area contributed by atoms with Gasteiger partial charge in [0.05, 0.1) is 31.0 Å². The van der Waals surface area contributed by atoms with Gasteiger partial charge in [-0.1, -0.05) is 12.1 Å². The van der Waals surface area contributed by atoms with Gasteiger partial charge in [0.25, 0.3) is 0 Å². The van der Waals surface area contributed by atoms with Crippen molar-refractivity contribution in [1.29, 1.82) is 0 Å². The highest BCUT2D eigenvalue weighted by Crippen LogP contribution is 2.14. The van der Waals surface area contributed by atoms with Gasteiger partial charge in [-0.15, -0.1) is 0 Å². The van der Waals surface area contributed by atoms with Gasteiger partial charge < -0.3 is 13.7 Å². The van der Waals surface area contributed by atoms with E-state index in [1.54, 1.807) is 10.9 Å². The van der Waals surface area contributed by atoms with Crippen LogP contribution in [0.2, 0.25) is 0 Å². The molecule has 0 radical (unpaired) electrons. The number of Topliss-reactive ketones (excluding diaryl/α,β-unsaturated/α-hetero) is 1. The van der Waals surface area contributed by atoms with Gasteiger partial charge in [0, 0.05) is 0 Å². The summed E-state index contributed by atoms with van der Waals surface area (Å²) in [7, 11) is 1.25. The van der Waals surface area contributed by atoms with E-state index in [4.69, 9.17) is 4.42 Å². The number of benzene rings is 1. The van der Waals surface area contributed by atoms with E-state index in [1.165, 1.54) is 19.2 Å². The number of para-hydroxylation sites is 2. The highest BCUT2D eigenvalue weighted by molar-refractivity contribution is 5.95. The topological polar surface area (TPSA) is 74.3 Å². The van der Waals surface area contributed by atoms with Crippen molar-refractivity contribution in [1.82, 2.24) is 9.55 Å². The normalized spacial score (nSPS) is 10.7. The second-order valence-corrected chi connectivity index (χ2v) is 4.44. The molecule has 0 unspecified atom stereocenters. The van der Waals surface area contributed by atoms with Crippen LogP contribution < -0.4 is 0 Å². The average Bonchev–Trinajstić information content (AvgIpc) is 3.14. The predicted octanol–water partition coefficient (Wildman–Crippen LogP) is 2.30. The van der Waals surface area contributed by atoms with Crippen LogP contribution >= 0.6 is 0 Å². The molecule has 0 bridgehead atoms. The number of esters is 1. The molecule has 3 aromatic rings. The van der Waals surface area contributed by atoms with Gasteiger partial charge in [-0.3, -0.25) is 4.79 Å². The van der Waals surface area contributed by atoms with Crippen molar-refractivity contribution in [3.63, 3.8) is 0 Å². The van der Waals surface area contributed by atoms with Crippen molar-refractivity contribution >= 4 is 22.8 Å². The largest absolute Gasteiger partial charge is 0.463 e. The van der Waals surface area contributed by atoms with Crippen LogP contribution in [0.5, 0.6) is 0 Å². The van der Waals surface area contributed by atoms with Crippen LogP contribution in [0, 0.1) is 0 Å². The molecule has 0 spiro atoms. The number of hydrogen-bond donors (Lipinski definition) is 0. The van der Waals surface area contributed by atoms with Crippen LogP contribution in [0.25, 0.3) is 11.0 Å². The molecule has 6 nitrogen and oxygen atoms in total. The molecule has 0 aliphatic rings. The molecule has 1 aromatic carbocycles. The zero-order valence-electron chi connectivity index (χ0n) is 11.3. The Morgan fingerprint density at radius 1 is 1.19 bits per heavy atom. The standard InChI is InChI=1S/C15H12N2O4/c1-20-15(19)14-7-6-13(21-14)12(18)8-17-9-16-10-4-2-3-5-11(10)17/h2-7,9H,8H2,1H3. The number of ketones is 1. The number of rotatable bonds is 4. The number of hydrogen-bond acceptors (Lipinski definition) is 5. The zero-order valence-corrected chi connectivity index (χ0v) is 11.3. The number of imidazole rings is 1. The molecular weight excluding hydrogens is 272 g/mol. The van der Waals surface area contributed by atoms with Crippen LogP contribution in [0.1, 0.15) is 21.1 Å². The summed E-state index contributed by atoms with van der Waals surface area (Å²) in [5.41, 5.74) is 1.69. The fourth-order valence-electron chi connectivity index (χ4n) is 2.07. The predicted molar refractivity (Wildman–Crippen MR) is 74.1 cm³/mol. The maximum absolute atomic E-state index is 12.2. The number of nitrogens with zero attached hydrogens (tertiary/aromatic N) is 2. The van der Waals surface area contributed by atoms with E-state index in [2.05, 4.69) is 9.72 Å². The molecule has 0 amide bonds. The van der Waals surface area contributed by atoms with E-state index in [0.29, 0.717) is 0 Å². The van der Waals surface area contributed by atoms with Crippen molar-refractivity contribution < 1.29 is 18.7 Å². The molecule has 106 valence electrons. The number of carbonyl (C=O) groups is 2. The van der Waals surface area contributed by atoms with E-state index in [9.17, 15) is 9.59 Å². The third-order valence-corrected chi connectivity index (χ3v) is 3.11. The lowest BCUT2D eigenvalue weighted by atomic mass is 10.3. The highest BCUT2D eigenvalue weighted by Gasteiger charge is 2.17. The molecule has 6 heteroatoms. The van der Waals surface area contributed by atoms with E-state index in [0.717, 1.165) is 11.0 Å². The fraction of sp³-hybridized carbons (Fsp3) is 0.133. The quantitative estimate of drug-likeness (QED) is 0.543. The Labute approximate surface area is 119 Å². The Morgan fingerprint density at radius 3 is 2.76 bits per heavy atom. The van der Waals surface area contributed by atoms with Gasteiger partial charge in [-0.25, -0.2) is 9.78 Å². The van der Waals surface area contributed by atoms with Crippen LogP contribution in [0.15, 0.2) is 47.1 Å². The van der Waals surface area contributed by atoms with E-state index < -0.39 is 5.97 Å². The SMILES string of the molecule is COC(=O)c1ccc(C(=O)Cn2cnc3ccccc32)o1. The number of carbonyl (C=O) groups excluding carboxylic acids is 2. The summed E-state index contributed by atoms with van der Waals surface area (Å²) in [5.74, 6) is -0.722. The Bertz CT molecular complexity index is 816. The maximum atomic E-state index is 12.2. The molecule has 2 heterocycles. The summed E-state index contributed by atoms with van der Waals surface area (Å²) in [6.07, 6.45) is 1.60. The van der Waals surface area contributed by atoms with Crippen molar-refractivity contribution in [2.45, 2.75) is 6.54 Å². The first-order valence-electron chi connectivity index (χ1n) is 6.30. The van der Waals surface area contributed by atoms with Crippen molar-refractivity contribution in [2.24, 2.45) is 0 Å². The first-order valence-corrected chi connectivity index (χ1v) is 6.30. The summed E-state index contributed by atoms with van der Waals surface area (Å²) in [4.78, 5) is 27.7. The average molecular weight is 284 g/mol. The maximum Gasteiger partial charge on any atom is 0.373 e. The molecule has 0 saturated heterocycles. The Hall–Kier alpha value is -2.89. The lowest BCUT2D eigenvalue weighted by molar-refractivity contribution is 0.0563. The molecular formula is C15H12N2O4. The summed E-state index contributed by atoms with van der Waals surface area (Å²) < 4.78 is 11.5. The van der Waals surface area contributed by atoms with Gasteiger partial charge in [0.1, 0.15) is 0 Å². The van der Waals surface area contributed by atoms with Crippen LogP contribution in [-0.2, 0) is 11.3 Å². The number of ether oxygens (including phenoxy) is 1. The first kappa shape index (κ1) is 13.1. The van der Waals surface area contributed by atoms with Gasteiger partial charge in [-0.05, 0) is 24.3 Å². The van der Waals surface area contributed by atoms with Gasteiger partial charge in [0.2, 0.25) is 11.5 Å². The van der Waals surface area contributed by atoms with Gasteiger partial charge in [-0.2, -0.15) is 0 Å². The fourth-order valence-corrected chi connectivity index (χ4v) is 2.07. The zero-order chi connectivity index (χ0) is 14.8. The molecule has 21 heavy (non-hydrogen) atoms. The minimum Gasteiger partial charge on any atom is -0.463 e. The molecule has 2 aromatic heterocycles. The summed E-state index contributed by atoms with van der Waals surface area (Å²) in [6.45, 7) is 0.0919. The van der Waals surface area contributed by atoms with Gasteiger partial charge in [0.15, 0.2) is 5.76 Å². The van der Waals surface area contributed by atoms with Crippen LogP contribution in [0.4, 0.5) is 0 Å². The molecule has 0 aliphatic carbocycles. The van der Waals surface area contributed by atoms with E-state index >= 15 is 0 Å². The number of methoxy groups -OCH3 is 1. The Balaban J connectivity index is 1.83. The molecule has 0 atom stereocenters. The second-order valence-electron chi connectivity index (χ2n) is 4.44. The summed E-state index contributed by atoms with van der Waals surface area (Å²) >= 11 is 0. The second kappa shape index (κ2) is 5.24. The van der Waals surface area contributed by atoms with Crippen molar-refractivity contribution in [3.8, 4) is 0 Å². The third-order valence-electron chi connectivity index (χ3n) is 3.11. The van der Waals surface area contributed by atoms with Crippen molar-refractivity contribution in [2.75, 3.05) is 7.11 Å². The minimum atomic E-state index is -0.609. The molecule has 0 N–H and O–H groups in total. The monoisotopic (exact) mass is 284 g/mol. The first-order chi connectivity index (χ1) is 10.2. The van der Waals surface area contributed by atoms with Crippen LogP contribution in [-0.4, -0.2) is 28.4 Å². The Kier molecular flexibility index (Phi) is 3.27. The number of aromatic nitrogens is 2. The van der Waals surface area contributed by atoms with Crippen LogP contribution in [0.3, 0.4) is 0 Å². The van der Waals surface area contributed by atoms with E-state index in [-0.39, 0.29) is 23.8 Å². The molecule has 0 saturated carbocycles.